The van der Waals surface area contributed by atoms with Crippen molar-refractivity contribution in [2.45, 2.75) is 54.4 Å². The van der Waals surface area contributed by atoms with Crippen molar-refractivity contribution in [3.05, 3.63) is 0 Å². The second-order valence-electron chi connectivity index (χ2n) is 6.58. The van der Waals surface area contributed by atoms with Crippen molar-refractivity contribution in [1.29, 1.82) is 0 Å². The molecular formula is C12H26S. The number of thiol groups is 1. The van der Waals surface area contributed by atoms with Crippen molar-refractivity contribution in [2.75, 3.05) is 5.75 Å². The maximum absolute atomic E-state index is 4.44. The van der Waals surface area contributed by atoms with Crippen LogP contribution in [0.1, 0.15) is 54.4 Å². The third-order valence-corrected chi connectivity index (χ3v) is 2.58. The van der Waals surface area contributed by atoms with Gasteiger partial charge in [0.1, 0.15) is 0 Å². The molecule has 0 aliphatic rings. The normalized spacial score (nSPS) is 13.8. The summed E-state index contributed by atoms with van der Waals surface area (Å²) in [5.74, 6) is 1.79. The molecule has 0 rings (SSSR count). The molecule has 0 aromatic heterocycles. The molecule has 0 aromatic rings. The lowest BCUT2D eigenvalue weighted by Gasteiger charge is -2.30. The summed E-state index contributed by atoms with van der Waals surface area (Å²) in [6, 6.07) is 0. The molecular weight excluding hydrogens is 176 g/mol. The van der Waals surface area contributed by atoms with Crippen LogP contribution in [-0.2, 0) is 0 Å². The van der Waals surface area contributed by atoms with E-state index in [1.807, 2.05) is 0 Å². The minimum absolute atomic E-state index is 0.443. The topological polar surface area (TPSA) is 0 Å². The van der Waals surface area contributed by atoms with Gasteiger partial charge in [0.15, 0.2) is 0 Å². The molecule has 0 radical (unpaired) electrons. The van der Waals surface area contributed by atoms with E-state index in [1.54, 1.807) is 0 Å². The molecule has 0 aliphatic heterocycles. The van der Waals surface area contributed by atoms with Crippen LogP contribution in [0.15, 0.2) is 0 Å². The highest BCUT2D eigenvalue weighted by atomic mass is 32.1. The Morgan fingerprint density at radius 1 is 0.846 bits per heavy atom. The van der Waals surface area contributed by atoms with Gasteiger partial charge in [-0.2, -0.15) is 12.6 Å². The summed E-state index contributed by atoms with van der Waals surface area (Å²) in [7, 11) is 0. The van der Waals surface area contributed by atoms with Crippen molar-refractivity contribution < 1.29 is 0 Å². The van der Waals surface area contributed by atoms with Gasteiger partial charge in [0.2, 0.25) is 0 Å². The molecule has 0 saturated carbocycles. The summed E-state index contributed by atoms with van der Waals surface area (Å²) < 4.78 is 0. The van der Waals surface area contributed by atoms with E-state index in [1.165, 1.54) is 12.8 Å². The minimum Gasteiger partial charge on any atom is -0.179 e. The highest BCUT2D eigenvalue weighted by molar-refractivity contribution is 7.80. The van der Waals surface area contributed by atoms with Gasteiger partial charge in [0.25, 0.3) is 0 Å². The minimum atomic E-state index is 0.443. The lowest BCUT2D eigenvalue weighted by atomic mass is 9.78. The molecule has 1 heteroatoms. The lowest BCUT2D eigenvalue weighted by molar-refractivity contribution is 0.237. The van der Waals surface area contributed by atoms with E-state index in [-0.39, 0.29) is 0 Å². The van der Waals surface area contributed by atoms with Crippen LogP contribution in [0.25, 0.3) is 0 Å². The SMILES string of the molecule is CC(C)(C)CC(CS)CC(C)(C)C. The van der Waals surface area contributed by atoms with Crippen molar-refractivity contribution in [2.24, 2.45) is 16.7 Å². The van der Waals surface area contributed by atoms with Crippen LogP contribution in [0.2, 0.25) is 0 Å². The molecule has 0 N–H and O–H groups in total. The van der Waals surface area contributed by atoms with Crippen molar-refractivity contribution >= 4 is 12.6 Å². The maximum atomic E-state index is 4.44. The van der Waals surface area contributed by atoms with E-state index in [9.17, 15) is 0 Å². The smallest absolute Gasteiger partial charge is 0.00691 e. The summed E-state index contributed by atoms with van der Waals surface area (Å²) in [4.78, 5) is 0. The van der Waals surface area contributed by atoms with E-state index in [0.29, 0.717) is 10.8 Å². The number of hydrogen-bond donors (Lipinski definition) is 1. The van der Waals surface area contributed by atoms with Crippen LogP contribution >= 0.6 is 12.6 Å². The second kappa shape index (κ2) is 4.72. The average molecular weight is 202 g/mol. The van der Waals surface area contributed by atoms with Gasteiger partial charge in [-0.15, -0.1) is 0 Å². The summed E-state index contributed by atoms with van der Waals surface area (Å²) >= 11 is 4.44. The predicted molar refractivity (Wildman–Crippen MR) is 65.5 cm³/mol. The number of hydrogen-bond acceptors (Lipinski definition) is 1. The molecule has 0 atom stereocenters. The third-order valence-electron chi connectivity index (χ3n) is 2.06. The Bertz CT molecular complexity index is 120. The van der Waals surface area contributed by atoms with Gasteiger partial charge in [-0.3, -0.25) is 0 Å². The molecule has 0 aromatic carbocycles. The van der Waals surface area contributed by atoms with Crippen molar-refractivity contribution in [1.82, 2.24) is 0 Å². The fraction of sp³-hybridized carbons (Fsp3) is 1.00. The molecule has 80 valence electrons. The van der Waals surface area contributed by atoms with Gasteiger partial charge in [-0.1, -0.05) is 41.5 Å². The van der Waals surface area contributed by atoms with Crippen LogP contribution in [0, 0.1) is 16.7 Å². The van der Waals surface area contributed by atoms with Crippen LogP contribution < -0.4 is 0 Å². The quantitative estimate of drug-likeness (QED) is 0.644. The Morgan fingerprint density at radius 3 is 1.31 bits per heavy atom. The van der Waals surface area contributed by atoms with Gasteiger partial charge in [-0.25, -0.2) is 0 Å². The van der Waals surface area contributed by atoms with Crippen LogP contribution in [0.4, 0.5) is 0 Å². The molecule has 0 unspecified atom stereocenters. The first-order chi connectivity index (χ1) is 5.64. The van der Waals surface area contributed by atoms with E-state index >= 15 is 0 Å². The highest BCUT2D eigenvalue weighted by Crippen LogP contribution is 2.33. The first-order valence-electron chi connectivity index (χ1n) is 5.25. The first kappa shape index (κ1) is 13.4. The second-order valence-corrected chi connectivity index (χ2v) is 6.94. The fourth-order valence-corrected chi connectivity index (χ4v) is 2.19. The van der Waals surface area contributed by atoms with E-state index in [4.69, 9.17) is 0 Å². The maximum Gasteiger partial charge on any atom is -0.00691 e. The van der Waals surface area contributed by atoms with Crippen molar-refractivity contribution in [3.8, 4) is 0 Å². The molecule has 0 aliphatic carbocycles. The number of rotatable bonds is 3. The van der Waals surface area contributed by atoms with Crippen molar-refractivity contribution in [3.63, 3.8) is 0 Å². The Balaban J connectivity index is 4.05. The molecule has 0 heterocycles. The van der Waals surface area contributed by atoms with E-state index < -0.39 is 0 Å². The molecule has 13 heavy (non-hydrogen) atoms. The van der Waals surface area contributed by atoms with Crippen LogP contribution in [-0.4, -0.2) is 5.75 Å². The zero-order valence-corrected chi connectivity index (χ0v) is 11.0. The molecule has 0 bridgehead atoms. The Morgan fingerprint density at radius 2 is 1.15 bits per heavy atom. The van der Waals surface area contributed by atoms with Crippen LogP contribution in [0.5, 0.6) is 0 Å². The zero-order chi connectivity index (χ0) is 10.7. The molecule has 0 fully saturated rings. The fourth-order valence-electron chi connectivity index (χ4n) is 1.93. The summed E-state index contributed by atoms with van der Waals surface area (Å²) in [6.07, 6.45) is 2.57. The van der Waals surface area contributed by atoms with E-state index in [2.05, 4.69) is 54.2 Å². The molecule has 0 nitrogen and oxygen atoms in total. The van der Waals surface area contributed by atoms with Gasteiger partial charge < -0.3 is 0 Å². The molecule has 0 saturated heterocycles. The summed E-state index contributed by atoms with van der Waals surface area (Å²) in [6.45, 7) is 13.9. The lowest BCUT2D eigenvalue weighted by Crippen LogP contribution is -2.20. The first-order valence-corrected chi connectivity index (χ1v) is 5.88. The summed E-state index contributed by atoms with van der Waals surface area (Å²) in [5.41, 5.74) is 0.886. The van der Waals surface area contributed by atoms with Gasteiger partial charge in [0, 0.05) is 0 Å². The Hall–Kier alpha value is 0.350. The largest absolute Gasteiger partial charge is 0.179 e. The van der Waals surface area contributed by atoms with Gasteiger partial charge in [-0.05, 0) is 35.3 Å². The third kappa shape index (κ3) is 8.67. The monoisotopic (exact) mass is 202 g/mol. The molecule has 0 amide bonds. The molecule has 0 spiro atoms. The summed E-state index contributed by atoms with van der Waals surface area (Å²) in [5, 5.41) is 0. The van der Waals surface area contributed by atoms with Gasteiger partial charge >= 0.3 is 0 Å². The Labute approximate surface area is 89.9 Å². The Kier molecular flexibility index (Phi) is 4.85. The average Bonchev–Trinajstić information content (AvgIpc) is 1.79. The van der Waals surface area contributed by atoms with Gasteiger partial charge in [0.05, 0.1) is 0 Å². The highest BCUT2D eigenvalue weighted by Gasteiger charge is 2.22. The standard InChI is InChI=1S/C12H26S/c1-11(2,3)7-10(9-13)8-12(4,5)6/h10,13H,7-9H2,1-6H3. The zero-order valence-electron chi connectivity index (χ0n) is 10.1. The van der Waals surface area contributed by atoms with Crippen LogP contribution in [0.3, 0.4) is 0 Å². The van der Waals surface area contributed by atoms with E-state index in [0.717, 1.165) is 11.7 Å². The predicted octanol–water partition coefficient (Wildman–Crippen LogP) is 4.40.